The molecule has 0 aromatic heterocycles. The summed E-state index contributed by atoms with van der Waals surface area (Å²) in [6.07, 6.45) is 5.24. The third-order valence-corrected chi connectivity index (χ3v) is 2.04. The molecule has 0 aliphatic carbocycles. The first-order valence-electron chi connectivity index (χ1n) is 3.36. The molecule has 8 heavy (non-hydrogen) atoms. The standard InChI is InChI=1S/C6H14N.Zn/c1-2-3-4-5-6-7;/h6H,2-5,7H2,1H3;. The van der Waals surface area contributed by atoms with Crippen LogP contribution >= 0.6 is 0 Å². The van der Waals surface area contributed by atoms with E-state index in [1.54, 1.807) is 0 Å². The van der Waals surface area contributed by atoms with E-state index in [0.29, 0.717) is 4.64 Å². The predicted octanol–water partition coefficient (Wildman–Crippen LogP) is 1.40. The van der Waals surface area contributed by atoms with Crippen molar-refractivity contribution in [2.45, 2.75) is 37.2 Å². The van der Waals surface area contributed by atoms with Gasteiger partial charge in [-0.2, -0.15) is 0 Å². The van der Waals surface area contributed by atoms with Crippen LogP contribution in [0, 0.1) is 0 Å². The molecule has 45 valence electrons. The molecule has 0 rings (SSSR count). The molecule has 2 N–H and O–H groups in total. The summed E-state index contributed by atoms with van der Waals surface area (Å²) in [5.41, 5.74) is 5.59. The third kappa shape index (κ3) is 6.58. The van der Waals surface area contributed by atoms with E-state index in [0.717, 1.165) is 0 Å². The Balaban J connectivity index is 2.72. The first-order chi connectivity index (χ1) is 3.77. The van der Waals surface area contributed by atoms with Gasteiger partial charge in [-0.15, -0.1) is 0 Å². The van der Waals surface area contributed by atoms with E-state index in [2.05, 4.69) is 6.92 Å². The first-order valence-corrected chi connectivity index (χ1v) is 5.07. The first kappa shape index (κ1) is 8.58. The molecular formula is C6H14NZn. The molecule has 0 fully saturated rings. The molecule has 0 saturated heterocycles. The van der Waals surface area contributed by atoms with Crippen molar-refractivity contribution >= 4 is 0 Å². The van der Waals surface area contributed by atoms with Gasteiger partial charge in [0.25, 0.3) is 0 Å². The van der Waals surface area contributed by atoms with E-state index in [1.807, 2.05) is 0 Å². The number of rotatable bonds is 4. The number of hydrogen-bond donors (Lipinski definition) is 1. The molecule has 0 bridgehead atoms. The topological polar surface area (TPSA) is 26.0 Å². The molecule has 0 saturated carbocycles. The summed E-state index contributed by atoms with van der Waals surface area (Å²) >= 11 is 1.25. The maximum atomic E-state index is 5.59. The molecular weight excluding hydrogens is 151 g/mol. The van der Waals surface area contributed by atoms with Gasteiger partial charge in [0.05, 0.1) is 0 Å². The molecule has 0 aliphatic rings. The average molecular weight is 166 g/mol. The van der Waals surface area contributed by atoms with Crippen molar-refractivity contribution < 1.29 is 18.3 Å². The Hall–Kier alpha value is 0.583. The van der Waals surface area contributed by atoms with Crippen molar-refractivity contribution in [2.24, 2.45) is 5.73 Å². The fourth-order valence-electron chi connectivity index (χ4n) is 0.657. The van der Waals surface area contributed by atoms with Gasteiger partial charge in [-0.1, -0.05) is 0 Å². The summed E-state index contributed by atoms with van der Waals surface area (Å²) in [4.78, 5) is 0. The van der Waals surface area contributed by atoms with Gasteiger partial charge >= 0.3 is 61.3 Å². The van der Waals surface area contributed by atoms with E-state index >= 15 is 0 Å². The SMILES string of the molecule is CCCCC[CH](N)[Zn]. The van der Waals surface area contributed by atoms with Crippen LogP contribution in [0.15, 0.2) is 0 Å². The second-order valence-electron chi connectivity index (χ2n) is 2.26. The van der Waals surface area contributed by atoms with Crippen LogP contribution in [-0.2, 0) is 18.3 Å². The average Bonchev–Trinajstić information content (AvgIpc) is 1.66. The minimum atomic E-state index is 0.529. The van der Waals surface area contributed by atoms with Crippen LogP contribution in [-0.4, -0.2) is 4.64 Å². The molecule has 2 heteroatoms. The normalized spacial score (nSPS) is 14.0. The van der Waals surface area contributed by atoms with E-state index in [4.69, 9.17) is 5.73 Å². The van der Waals surface area contributed by atoms with Crippen molar-refractivity contribution in [2.75, 3.05) is 0 Å². The Morgan fingerprint density at radius 3 is 2.50 bits per heavy atom. The van der Waals surface area contributed by atoms with Crippen LogP contribution in [0.2, 0.25) is 0 Å². The van der Waals surface area contributed by atoms with E-state index in [-0.39, 0.29) is 0 Å². The van der Waals surface area contributed by atoms with Crippen LogP contribution in [0.5, 0.6) is 0 Å². The Kier molecular flexibility index (Phi) is 6.13. The number of hydrogen-bond acceptors (Lipinski definition) is 1. The van der Waals surface area contributed by atoms with Crippen molar-refractivity contribution in [1.82, 2.24) is 0 Å². The van der Waals surface area contributed by atoms with Gasteiger partial charge in [0.1, 0.15) is 0 Å². The van der Waals surface area contributed by atoms with Crippen LogP contribution in [0.3, 0.4) is 0 Å². The summed E-state index contributed by atoms with van der Waals surface area (Å²) in [5, 5.41) is 0. The van der Waals surface area contributed by atoms with Gasteiger partial charge in [-0.3, -0.25) is 0 Å². The third-order valence-electron chi connectivity index (χ3n) is 1.18. The second kappa shape index (κ2) is 5.72. The molecule has 1 atom stereocenters. The fourth-order valence-corrected chi connectivity index (χ4v) is 1.26. The zero-order valence-electron chi connectivity index (χ0n) is 5.69. The molecule has 0 spiro atoms. The molecule has 1 nitrogen and oxygen atoms in total. The second-order valence-corrected chi connectivity index (χ2v) is 4.46. The van der Waals surface area contributed by atoms with Crippen LogP contribution in [0.25, 0.3) is 0 Å². The van der Waals surface area contributed by atoms with E-state index in [1.165, 1.54) is 44.0 Å². The minimum absolute atomic E-state index is 0.529. The molecule has 0 heterocycles. The zero-order valence-corrected chi connectivity index (χ0v) is 8.66. The predicted molar refractivity (Wildman–Crippen MR) is 32.1 cm³/mol. The fraction of sp³-hybridized carbons (Fsp3) is 1.00. The maximum absolute atomic E-state index is 5.59. The molecule has 0 aromatic carbocycles. The van der Waals surface area contributed by atoms with E-state index in [9.17, 15) is 0 Å². The summed E-state index contributed by atoms with van der Waals surface area (Å²) in [5.74, 6) is 0. The van der Waals surface area contributed by atoms with Gasteiger partial charge in [0.15, 0.2) is 0 Å². The van der Waals surface area contributed by atoms with Gasteiger partial charge in [-0.25, -0.2) is 0 Å². The number of unbranched alkanes of at least 4 members (excludes halogenated alkanes) is 2. The zero-order chi connectivity index (χ0) is 6.41. The van der Waals surface area contributed by atoms with Gasteiger partial charge in [0, 0.05) is 0 Å². The molecule has 0 aromatic rings. The van der Waals surface area contributed by atoms with Crippen LogP contribution in [0.4, 0.5) is 0 Å². The van der Waals surface area contributed by atoms with Crippen LogP contribution in [0.1, 0.15) is 32.6 Å². The Morgan fingerprint density at radius 2 is 2.12 bits per heavy atom. The molecule has 0 amide bonds. The monoisotopic (exact) mass is 164 g/mol. The van der Waals surface area contributed by atoms with Gasteiger partial charge in [-0.05, 0) is 0 Å². The Labute approximate surface area is 61.7 Å². The van der Waals surface area contributed by atoms with Crippen molar-refractivity contribution in [3.8, 4) is 0 Å². The summed E-state index contributed by atoms with van der Waals surface area (Å²) < 4.78 is 0.529. The summed E-state index contributed by atoms with van der Waals surface area (Å²) in [6.45, 7) is 2.22. The van der Waals surface area contributed by atoms with Crippen LogP contribution < -0.4 is 5.73 Å². The van der Waals surface area contributed by atoms with Crippen molar-refractivity contribution in [1.29, 1.82) is 0 Å². The van der Waals surface area contributed by atoms with E-state index < -0.39 is 0 Å². The molecule has 0 radical (unpaired) electrons. The summed E-state index contributed by atoms with van der Waals surface area (Å²) in [6, 6.07) is 0. The number of nitrogens with two attached hydrogens (primary N) is 1. The summed E-state index contributed by atoms with van der Waals surface area (Å²) in [7, 11) is 0. The Morgan fingerprint density at radius 1 is 1.50 bits per heavy atom. The molecule has 1 unspecified atom stereocenters. The van der Waals surface area contributed by atoms with Crippen molar-refractivity contribution in [3.63, 3.8) is 0 Å². The Bertz CT molecular complexity index is 45.8. The van der Waals surface area contributed by atoms with Gasteiger partial charge in [0.2, 0.25) is 0 Å². The van der Waals surface area contributed by atoms with Crippen molar-refractivity contribution in [3.05, 3.63) is 0 Å². The molecule has 0 aliphatic heterocycles. The quantitative estimate of drug-likeness (QED) is 0.495. The van der Waals surface area contributed by atoms with Gasteiger partial charge < -0.3 is 0 Å².